The smallest absolute Gasteiger partial charge is 0.313 e. The average molecular weight is 1290 g/mol. The third-order valence-electron chi connectivity index (χ3n) is 5.23. The molecule has 0 aliphatic carbocycles. The van der Waals surface area contributed by atoms with Crippen molar-refractivity contribution in [1.29, 1.82) is 0 Å². The zero-order chi connectivity index (χ0) is 34.1. The Balaban J connectivity index is 0.000000348. The minimum atomic E-state index is -0.889. The van der Waals surface area contributed by atoms with Gasteiger partial charge in [-0.25, -0.2) is 0 Å². The molecular weight excluding hydrogens is 1270 g/mol. The molecule has 16 heteroatoms. The van der Waals surface area contributed by atoms with Crippen LogP contribution >= 0.6 is 183 Å². The summed E-state index contributed by atoms with van der Waals surface area (Å²) in [6.45, 7) is 4.17. The maximum absolute atomic E-state index is 9.85. The first-order valence-corrected chi connectivity index (χ1v) is 19.9. The number of phenols is 3. The largest absolute Gasteiger partial charge is 0.506 e. The van der Waals surface area contributed by atoms with Gasteiger partial charge in [0.15, 0.2) is 0 Å². The van der Waals surface area contributed by atoms with E-state index in [-0.39, 0.29) is 22.7 Å². The van der Waals surface area contributed by atoms with Crippen molar-refractivity contribution in [2.24, 2.45) is 0 Å². The van der Waals surface area contributed by atoms with Crippen molar-refractivity contribution in [3.05, 3.63) is 110 Å². The minimum Gasteiger partial charge on any atom is -0.506 e. The molecule has 0 unspecified atom stereocenters. The molecule has 0 atom stereocenters. The fraction of sp³-hybridized carbons (Fsp3) is 0.107. The molecule has 4 aromatic rings. The van der Waals surface area contributed by atoms with Gasteiger partial charge in [0, 0.05) is 29.4 Å². The molecule has 44 heavy (non-hydrogen) atoms. The van der Waals surface area contributed by atoms with Crippen molar-refractivity contribution in [1.82, 2.24) is 0 Å². The molecule has 3 N–H and O–H groups in total. The summed E-state index contributed by atoms with van der Waals surface area (Å²) >= 11 is 41.8. The van der Waals surface area contributed by atoms with Gasteiger partial charge in [0.25, 0.3) is 0 Å². The van der Waals surface area contributed by atoms with E-state index in [0.29, 0.717) is 26.8 Å². The van der Waals surface area contributed by atoms with Crippen molar-refractivity contribution in [3.8, 4) is 17.2 Å². The second-order valence-corrected chi connectivity index (χ2v) is 18.2. The van der Waals surface area contributed by atoms with Crippen LogP contribution in [0, 0.1) is 6.07 Å². The highest BCUT2D eigenvalue weighted by molar-refractivity contribution is 9.12. The zero-order valence-corrected chi connectivity index (χ0v) is 39.3. The SMILES string of the molecule is Brc1[c]c(Br)cc(Br)c1.CC(C)(c1cc(Br)c(O)c(Br)c1)c1cc(Br)c(O)c(Br)c1.O=C(Cl)Cl.Oc1c(Br)cc(Br)cc1Br. The van der Waals surface area contributed by atoms with E-state index < -0.39 is 4.70 Å². The molecule has 237 valence electrons. The Morgan fingerprint density at radius 1 is 0.545 bits per heavy atom. The predicted octanol–water partition coefficient (Wildman–Crippen LogP) is 15.5. The lowest BCUT2D eigenvalue weighted by atomic mass is 9.78. The number of phenolic OH excluding ortho intramolecular Hbond substituents is 3. The molecule has 1 radical (unpaired) electrons. The number of hydrogen-bond acceptors (Lipinski definition) is 4. The third-order valence-corrected chi connectivity index (χ3v) is 10.6. The molecule has 4 rings (SSSR count). The topological polar surface area (TPSA) is 77.8 Å². The second-order valence-electron chi connectivity index (χ2n) is 8.64. The van der Waals surface area contributed by atoms with Gasteiger partial charge in [-0.15, -0.1) is 0 Å². The van der Waals surface area contributed by atoms with E-state index in [1.54, 1.807) is 12.1 Å². The lowest BCUT2D eigenvalue weighted by Crippen LogP contribution is -2.19. The summed E-state index contributed by atoms with van der Waals surface area (Å²) in [6.07, 6.45) is 0. The van der Waals surface area contributed by atoms with Crippen molar-refractivity contribution < 1.29 is 20.1 Å². The fourth-order valence-corrected chi connectivity index (χ4v) is 9.91. The van der Waals surface area contributed by atoms with Crippen LogP contribution in [0.5, 0.6) is 17.2 Å². The van der Waals surface area contributed by atoms with Crippen LogP contribution in [0.3, 0.4) is 0 Å². The van der Waals surface area contributed by atoms with E-state index in [4.69, 9.17) is 4.79 Å². The Morgan fingerprint density at radius 2 is 0.773 bits per heavy atom. The van der Waals surface area contributed by atoms with Gasteiger partial charge >= 0.3 is 4.70 Å². The second kappa shape index (κ2) is 20.1. The van der Waals surface area contributed by atoms with E-state index in [1.165, 1.54) is 0 Å². The lowest BCUT2D eigenvalue weighted by Gasteiger charge is -2.27. The normalized spacial score (nSPS) is 10.4. The van der Waals surface area contributed by atoms with Gasteiger partial charge in [-0.2, -0.15) is 0 Å². The van der Waals surface area contributed by atoms with Crippen LogP contribution in [0.15, 0.2) is 93.3 Å². The van der Waals surface area contributed by atoms with Gasteiger partial charge in [0.05, 0.1) is 26.8 Å². The maximum atomic E-state index is 9.85. The first kappa shape index (κ1) is 43.4. The van der Waals surface area contributed by atoms with Crippen molar-refractivity contribution in [2.45, 2.75) is 19.3 Å². The Kier molecular flexibility index (Phi) is 19.8. The first-order valence-electron chi connectivity index (χ1n) is 11.3. The Bertz CT molecular complexity index is 1450. The van der Waals surface area contributed by atoms with Crippen LogP contribution in [-0.4, -0.2) is 20.0 Å². The number of rotatable bonds is 2. The molecule has 0 heterocycles. The summed E-state index contributed by atoms with van der Waals surface area (Å²) in [5, 5.41) is 28.9. The number of hydrogen-bond donors (Lipinski definition) is 3. The molecule has 0 saturated carbocycles. The van der Waals surface area contributed by atoms with Crippen LogP contribution in [0.25, 0.3) is 0 Å². The molecule has 0 bridgehead atoms. The van der Waals surface area contributed by atoms with Gasteiger partial charge in [0.2, 0.25) is 0 Å². The quantitative estimate of drug-likeness (QED) is 0.175. The van der Waals surface area contributed by atoms with Crippen LogP contribution < -0.4 is 0 Å². The predicted molar refractivity (Wildman–Crippen MR) is 216 cm³/mol. The highest BCUT2D eigenvalue weighted by Gasteiger charge is 2.26. The highest BCUT2D eigenvalue weighted by Crippen LogP contribution is 2.43. The minimum absolute atomic E-state index is 0.183. The summed E-state index contributed by atoms with van der Waals surface area (Å²) in [6, 6.07) is 18.0. The van der Waals surface area contributed by atoms with Gasteiger partial charge in [-0.05, 0) is 178 Å². The molecule has 0 spiro atoms. The molecule has 0 amide bonds. The fourth-order valence-electron chi connectivity index (χ4n) is 3.02. The van der Waals surface area contributed by atoms with Gasteiger partial charge in [-0.3, -0.25) is 4.79 Å². The Hall–Kier alpha value is 1.33. The van der Waals surface area contributed by atoms with Gasteiger partial charge in [-0.1, -0.05) is 77.6 Å². The van der Waals surface area contributed by atoms with E-state index in [1.807, 2.05) is 36.4 Å². The molecular formula is C28H17Br10Cl2O4. The number of benzene rings is 4. The number of carbonyl (C=O) groups excluding carboxylic acids is 1. The van der Waals surface area contributed by atoms with Gasteiger partial charge in [0.1, 0.15) is 17.2 Å². The summed E-state index contributed by atoms with van der Waals surface area (Å²) in [5.74, 6) is 0.591. The molecule has 0 aliphatic heterocycles. The van der Waals surface area contributed by atoms with Gasteiger partial charge < -0.3 is 15.3 Å². The summed E-state index contributed by atoms with van der Waals surface area (Å²) in [7, 11) is 0. The van der Waals surface area contributed by atoms with Crippen LogP contribution in [0.4, 0.5) is 4.79 Å². The van der Waals surface area contributed by atoms with E-state index >= 15 is 0 Å². The molecule has 0 aromatic heterocycles. The maximum Gasteiger partial charge on any atom is 0.313 e. The zero-order valence-electron chi connectivity index (χ0n) is 21.9. The van der Waals surface area contributed by atoms with Crippen LogP contribution in [0.2, 0.25) is 0 Å². The number of carbonyl (C=O) groups is 1. The monoisotopic (exact) mass is 1280 g/mol. The van der Waals surface area contributed by atoms with E-state index in [0.717, 1.165) is 29.0 Å². The molecule has 4 nitrogen and oxygen atoms in total. The molecule has 0 saturated heterocycles. The van der Waals surface area contributed by atoms with E-state index in [2.05, 4.69) is 202 Å². The summed E-state index contributed by atoms with van der Waals surface area (Å²) in [5.41, 5.74) is 1.75. The van der Waals surface area contributed by atoms with Crippen LogP contribution in [0.1, 0.15) is 25.0 Å². The Labute approximate surface area is 349 Å². The summed E-state index contributed by atoms with van der Waals surface area (Å²) in [4.78, 5) is 8.98. The van der Waals surface area contributed by atoms with Crippen molar-refractivity contribution in [2.75, 3.05) is 0 Å². The lowest BCUT2D eigenvalue weighted by molar-refractivity contribution is 0.275. The first-order chi connectivity index (χ1) is 20.2. The molecule has 0 aliphatic rings. The third kappa shape index (κ3) is 14.4. The Morgan fingerprint density at radius 3 is 1.02 bits per heavy atom. The van der Waals surface area contributed by atoms with Crippen molar-refractivity contribution in [3.63, 3.8) is 0 Å². The average Bonchev–Trinajstić information content (AvgIpc) is 2.88. The van der Waals surface area contributed by atoms with Crippen molar-refractivity contribution >= 4 is 187 Å². The van der Waals surface area contributed by atoms with E-state index in [9.17, 15) is 15.3 Å². The number of aromatic hydroxyl groups is 3. The summed E-state index contributed by atoms with van der Waals surface area (Å²) < 4.78 is 6.86. The molecule has 0 fully saturated rings. The van der Waals surface area contributed by atoms with Crippen LogP contribution in [-0.2, 0) is 5.41 Å². The highest BCUT2D eigenvalue weighted by atomic mass is 79.9. The molecule has 4 aromatic carbocycles. The number of halogens is 12. The standard InChI is InChI=1S/C15H12Br4O2.C6H3Br3O.C6H2Br3.CCl2O/c1-15(2,7-3-9(16)13(20)10(17)4-7)8-5-11(18)14(21)12(19)6-8;7-3-1-4(8)6(10)5(9)2-3;7-4-1-5(8)3-6(9)2-4;2-1(3)4/h3-6,20-21H,1-2H3;1-2,10H;1-2H;.